The summed E-state index contributed by atoms with van der Waals surface area (Å²) in [7, 11) is 0. The fourth-order valence-corrected chi connectivity index (χ4v) is 2.61. The van der Waals surface area contributed by atoms with E-state index in [-0.39, 0.29) is 0 Å². The van der Waals surface area contributed by atoms with Gasteiger partial charge < -0.3 is 16.0 Å². The van der Waals surface area contributed by atoms with Gasteiger partial charge in [0.1, 0.15) is 0 Å². The number of halogens is 2. The van der Waals surface area contributed by atoms with Gasteiger partial charge in [0.2, 0.25) is 0 Å². The number of alkyl halides is 2. The summed E-state index contributed by atoms with van der Waals surface area (Å²) in [5.41, 5.74) is 7.96. The lowest BCUT2D eigenvalue weighted by Gasteiger charge is -2.23. The number of hydrogen-bond donors (Lipinski definition) is 2. The number of nitrogens with zero attached hydrogens (tertiary/aromatic N) is 1. The van der Waals surface area contributed by atoms with Gasteiger partial charge in [-0.05, 0) is 43.6 Å². The van der Waals surface area contributed by atoms with Crippen LogP contribution in [0.5, 0.6) is 0 Å². The predicted molar refractivity (Wildman–Crippen MR) is 94.7 cm³/mol. The molecule has 0 bridgehead atoms. The standard InChI is InChI=1S/C16H27Cl2N3/c17-8-12-21(13-9-18)16-6-4-15(5-7-16)14-20-11-3-1-2-10-19/h4-7,20H,1-3,8-14,19H2. The van der Waals surface area contributed by atoms with Crippen molar-refractivity contribution in [2.45, 2.75) is 25.8 Å². The normalized spacial score (nSPS) is 10.8. The van der Waals surface area contributed by atoms with Crippen LogP contribution in [0, 0.1) is 0 Å². The van der Waals surface area contributed by atoms with Crippen LogP contribution in [0.4, 0.5) is 5.69 Å². The maximum Gasteiger partial charge on any atom is 0.0399 e. The first-order valence-electron chi connectivity index (χ1n) is 7.68. The van der Waals surface area contributed by atoms with Crippen molar-refractivity contribution in [2.75, 3.05) is 42.8 Å². The molecule has 0 fully saturated rings. The van der Waals surface area contributed by atoms with E-state index in [0.29, 0.717) is 11.8 Å². The van der Waals surface area contributed by atoms with Crippen molar-refractivity contribution in [1.29, 1.82) is 0 Å². The summed E-state index contributed by atoms with van der Waals surface area (Å²) in [6.07, 6.45) is 3.51. The molecule has 0 saturated heterocycles. The lowest BCUT2D eigenvalue weighted by molar-refractivity contribution is 0.606. The minimum atomic E-state index is 0.614. The maximum atomic E-state index is 5.83. The second-order valence-corrected chi connectivity index (χ2v) is 5.81. The molecule has 0 aliphatic heterocycles. The van der Waals surface area contributed by atoms with Gasteiger partial charge in [-0.3, -0.25) is 0 Å². The van der Waals surface area contributed by atoms with Gasteiger partial charge in [-0.25, -0.2) is 0 Å². The predicted octanol–water partition coefficient (Wildman–Crippen LogP) is 3.19. The zero-order chi connectivity index (χ0) is 15.3. The van der Waals surface area contributed by atoms with Crippen LogP contribution >= 0.6 is 23.2 Å². The number of anilines is 1. The largest absolute Gasteiger partial charge is 0.369 e. The summed E-state index contributed by atoms with van der Waals surface area (Å²) in [5, 5.41) is 3.46. The van der Waals surface area contributed by atoms with E-state index in [4.69, 9.17) is 28.9 Å². The monoisotopic (exact) mass is 331 g/mol. The average Bonchev–Trinajstić information content (AvgIpc) is 2.51. The number of nitrogens with one attached hydrogen (secondary N) is 1. The van der Waals surface area contributed by atoms with Crippen LogP contribution in [-0.2, 0) is 6.54 Å². The zero-order valence-corrected chi connectivity index (χ0v) is 14.2. The van der Waals surface area contributed by atoms with Gasteiger partial charge in [0, 0.05) is 37.1 Å². The summed E-state index contributed by atoms with van der Waals surface area (Å²) in [5.74, 6) is 1.23. The van der Waals surface area contributed by atoms with Crippen molar-refractivity contribution < 1.29 is 0 Å². The van der Waals surface area contributed by atoms with E-state index in [0.717, 1.165) is 39.1 Å². The Balaban J connectivity index is 2.35. The second kappa shape index (κ2) is 12.1. The molecule has 21 heavy (non-hydrogen) atoms. The van der Waals surface area contributed by atoms with E-state index in [9.17, 15) is 0 Å². The second-order valence-electron chi connectivity index (χ2n) is 5.06. The van der Waals surface area contributed by atoms with Crippen LogP contribution < -0.4 is 16.0 Å². The summed E-state index contributed by atoms with van der Waals surface area (Å²) in [4.78, 5) is 2.21. The molecule has 0 radical (unpaired) electrons. The van der Waals surface area contributed by atoms with E-state index in [1.807, 2.05) is 0 Å². The highest BCUT2D eigenvalue weighted by Crippen LogP contribution is 2.15. The third kappa shape index (κ3) is 7.91. The van der Waals surface area contributed by atoms with Gasteiger partial charge in [-0.2, -0.15) is 0 Å². The topological polar surface area (TPSA) is 41.3 Å². The molecule has 0 atom stereocenters. The van der Waals surface area contributed by atoms with Crippen molar-refractivity contribution in [3.05, 3.63) is 29.8 Å². The van der Waals surface area contributed by atoms with Gasteiger partial charge in [0.15, 0.2) is 0 Å². The highest BCUT2D eigenvalue weighted by molar-refractivity contribution is 6.18. The first-order valence-corrected chi connectivity index (χ1v) is 8.75. The van der Waals surface area contributed by atoms with Gasteiger partial charge in [0.25, 0.3) is 0 Å². The molecule has 0 spiro atoms. The van der Waals surface area contributed by atoms with E-state index in [1.54, 1.807) is 0 Å². The molecule has 3 N–H and O–H groups in total. The SMILES string of the molecule is NCCCCCNCc1ccc(N(CCCl)CCCl)cc1. The molecule has 1 aromatic rings. The molecule has 0 unspecified atom stereocenters. The molecule has 0 aliphatic rings. The van der Waals surface area contributed by atoms with Gasteiger partial charge in [-0.1, -0.05) is 18.6 Å². The van der Waals surface area contributed by atoms with Crippen LogP contribution in [-0.4, -0.2) is 37.9 Å². The first kappa shape index (κ1) is 18.6. The van der Waals surface area contributed by atoms with Crippen LogP contribution in [0.25, 0.3) is 0 Å². The third-order valence-electron chi connectivity index (χ3n) is 3.40. The molecular weight excluding hydrogens is 305 g/mol. The lowest BCUT2D eigenvalue weighted by Crippen LogP contribution is -2.27. The molecule has 0 aliphatic carbocycles. The first-order chi connectivity index (χ1) is 10.3. The Morgan fingerprint density at radius 2 is 1.62 bits per heavy atom. The summed E-state index contributed by atoms with van der Waals surface area (Å²) >= 11 is 11.7. The zero-order valence-electron chi connectivity index (χ0n) is 12.7. The number of nitrogens with two attached hydrogens (primary N) is 1. The molecule has 1 rings (SSSR count). The van der Waals surface area contributed by atoms with Crippen molar-refractivity contribution >= 4 is 28.9 Å². The van der Waals surface area contributed by atoms with E-state index < -0.39 is 0 Å². The third-order valence-corrected chi connectivity index (χ3v) is 3.74. The van der Waals surface area contributed by atoms with E-state index in [1.165, 1.54) is 24.1 Å². The van der Waals surface area contributed by atoms with Crippen molar-refractivity contribution in [3.63, 3.8) is 0 Å². The fourth-order valence-electron chi connectivity index (χ4n) is 2.20. The Morgan fingerprint density at radius 1 is 0.952 bits per heavy atom. The molecule has 5 heteroatoms. The lowest BCUT2D eigenvalue weighted by atomic mass is 10.2. The molecule has 120 valence electrons. The highest BCUT2D eigenvalue weighted by Gasteiger charge is 2.04. The minimum absolute atomic E-state index is 0.614. The highest BCUT2D eigenvalue weighted by atomic mass is 35.5. The van der Waals surface area contributed by atoms with E-state index >= 15 is 0 Å². The Morgan fingerprint density at radius 3 is 2.19 bits per heavy atom. The number of unbranched alkanes of at least 4 members (excludes halogenated alkanes) is 2. The van der Waals surface area contributed by atoms with Crippen LogP contribution in [0.1, 0.15) is 24.8 Å². The average molecular weight is 332 g/mol. The van der Waals surface area contributed by atoms with Gasteiger partial charge >= 0.3 is 0 Å². The molecule has 0 heterocycles. The smallest absolute Gasteiger partial charge is 0.0399 e. The Labute approximate surface area is 138 Å². The Kier molecular flexibility index (Phi) is 10.7. The molecular formula is C16H27Cl2N3. The minimum Gasteiger partial charge on any atom is -0.369 e. The van der Waals surface area contributed by atoms with Crippen molar-refractivity contribution in [2.24, 2.45) is 5.73 Å². The fraction of sp³-hybridized carbons (Fsp3) is 0.625. The van der Waals surface area contributed by atoms with E-state index in [2.05, 4.69) is 34.5 Å². The van der Waals surface area contributed by atoms with Crippen LogP contribution in [0.2, 0.25) is 0 Å². The van der Waals surface area contributed by atoms with Gasteiger partial charge in [-0.15, -0.1) is 23.2 Å². The molecule has 0 aromatic heterocycles. The Hall–Kier alpha value is -0.480. The summed E-state index contributed by atoms with van der Waals surface area (Å²) < 4.78 is 0. The number of rotatable bonds is 12. The molecule has 1 aromatic carbocycles. The summed E-state index contributed by atoms with van der Waals surface area (Å²) in [6, 6.07) is 8.62. The number of hydrogen-bond acceptors (Lipinski definition) is 3. The maximum absolute atomic E-state index is 5.83. The molecule has 0 amide bonds. The van der Waals surface area contributed by atoms with Crippen LogP contribution in [0.15, 0.2) is 24.3 Å². The van der Waals surface area contributed by atoms with Crippen molar-refractivity contribution in [1.82, 2.24) is 5.32 Å². The molecule has 3 nitrogen and oxygen atoms in total. The summed E-state index contributed by atoms with van der Waals surface area (Å²) in [6.45, 7) is 4.41. The number of benzene rings is 1. The van der Waals surface area contributed by atoms with Crippen LogP contribution in [0.3, 0.4) is 0 Å². The molecule has 0 saturated carbocycles. The van der Waals surface area contributed by atoms with Crippen molar-refractivity contribution in [3.8, 4) is 0 Å². The quantitative estimate of drug-likeness (QED) is 0.456. The Bertz CT molecular complexity index is 351. The van der Waals surface area contributed by atoms with Gasteiger partial charge in [0.05, 0.1) is 0 Å².